The van der Waals surface area contributed by atoms with E-state index in [4.69, 9.17) is 23.2 Å². The zero-order valence-electron chi connectivity index (χ0n) is 10.3. The number of benzene rings is 1. The second-order valence-electron chi connectivity index (χ2n) is 4.67. The number of amides is 1. The third-order valence-corrected chi connectivity index (χ3v) is 3.89. The second-order valence-corrected chi connectivity index (χ2v) is 5.52. The Kier molecular flexibility index (Phi) is 3.37. The molecule has 0 atom stereocenters. The molecule has 0 N–H and O–H groups in total. The van der Waals surface area contributed by atoms with Crippen LogP contribution < -0.4 is 5.01 Å². The average molecular weight is 298 g/mol. The van der Waals surface area contributed by atoms with Crippen molar-refractivity contribution in [1.82, 2.24) is 4.90 Å². The number of carbonyl (C=O) groups excluding carboxylic acids is 1. The molecule has 100 valence electrons. The van der Waals surface area contributed by atoms with Crippen molar-refractivity contribution in [2.24, 2.45) is 5.10 Å². The number of carbonyl (C=O) groups is 1. The van der Waals surface area contributed by atoms with Crippen LogP contribution in [-0.2, 0) is 4.79 Å². The SMILES string of the molecule is O=C1CN(c2ccc(Cl)cc2Cl)N=C2CCCCN12. The van der Waals surface area contributed by atoms with Crippen LogP contribution >= 0.6 is 23.2 Å². The molecule has 3 rings (SSSR count). The number of nitrogens with zero attached hydrogens (tertiary/aromatic N) is 3. The molecule has 19 heavy (non-hydrogen) atoms. The number of hydrogen-bond donors (Lipinski definition) is 0. The first-order chi connectivity index (χ1) is 9.15. The van der Waals surface area contributed by atoms with Gasteiger partial charge in [-0.2, -0.15) is 5.10 Å². The van der Waals surface area contributed by atoms with Gasteiger partial charge in [-0.1, -0.05) is 23.2 Å². The van der Waals surface area contributed by atoms with Crippen molar-refractivity contribution in [3.8, 4) is 0 Å². The maximum atomic E-state index is 12.1. The van der Waals surface area contributed by atoms with Crippen molar-refractivity contribution >= 4 is 40.6 Å². The monoisotopic (exact) mass is 297 g/mol. The maximum Gasteiger partial charge on any atom is 0.249 e. The Labute approximate surface area is 121 Å². The molecule has 6 heteroatoms. The summed E-state index contributed by atoms with van der Waals surface area (Å²) in [6.07, 6.45) is 2.96. The lowest BCUT2D eigenvalue weighted by atomic mass is 10.1. The van der Waals surface area contributed by atoms with Gasteiger partial charge in [0.1, 0.15) is 12.4 Å². The lowest BCUT2D eigenvalue weighted by molar-refractivity contribution is -0.126. The van der Waals surface area contributed by atoms with Crippen LogP contribution in [0.1, 0.15) is 19.3 Å². The summed E-state index contributed by atoms with van der Waals surface area (Å²) in [4.78, 5) is 13.9. The van der Waals surface area contributed by atoms with E-state index in [1.54, 1.807) is 28.1 Å². The molecule has 0 saturated carbocycles. The molecule has 0 aliphatic carbocycles. The highest BCUT2D eigenvalue weighted by molar-refractivity contribution is 6.36. The smallest absolute Gasteiger partial charge is 0.249 e. The zero-order valence-corrected chi connectivity index (χ0v) is 11.8. The van der Waals surface area contributed by atoms with Crippen molar-refractivity contribution in [2.45, 2.75) is 19.3 Å². The number of hydrazone groups is 1. The quantitative estimate of drug-likeness (QED) is 0.798. The van der Waals surface area contributed by atoms with Crippen molar-refractivity contribution in [3.05, 3.63) is 28.2 Å². The highest BCUT2D eigenvalue weighted by Gasteiger charge is 2.30. The predicted octanol–water partition coefficient (Wildman–Crippen LogP) is 3.14. The minimum Gasteiger partial charge on any atom is -0.297 e. The third kappa shape index (κ3) is 2.42. The highest BCUT2D eigenvalue weighted by atomic mass is 35.5. The van der Waals surface area contributed by atoms with Crippen LogP contribution in [0.25, 0.3) is 0 Å². The van der Waals surface area contributed by atoms with Gasteiger partial charge in [0.15, 0.2) is 0 Å². The molecule has 1 amide bonds. The summed E-state index contributed by atoms with van der Waals surface area (Å²) in [5, 5.41) is 7.29. The first-order valence-electron chi connectivity index (χ1n) is 6.25. The third-order valence-electron chi connectivity index (χ3n) is 3.35. The number of amidine groups is 1. The number of fused-ring (bicyclic) bond motifs is 1. The lowest BCUT2D eigenvalue weighted by Gasteiger charge is -2.35. The Balaban J connectivity index is 1.95. The van der Waals surface area contributed by atoms with E-state index in [0.717, 1.165) is 37.3 Å². The minimum atomic E-state index is 0.0794. The Bertz CT molecular complexity index is 559. The lowest BCUT2D eigenvalue weighted by Crippen LogP contribution is -2.50. The summed E-state index contributed by atoms with van der Waals surface area (Å²) >= 11 is 12.0. The van der Waals surface area contributed by atoms with Gasteiger partial charge < -0.3 is 0 Å². The van der Waals surface area contributed by atoms with Crippen molar-refractivity contribution in [3.63, 3.8) is 0 Å². The number of hydrogen-bond acceptors (Lipinski definition) is 3. The standard InChI is InChI=1S/C13H13Cl2N3O/c14-9-4-5-11(10(15)7-9)18-8-13(19)17-6-2-1-3-12(17)16-18/h4-5,7H,1-3,6,8H2. The average Bonchev–Trinajstić information content (AvgIpc) is 2.38. The second kappa shape index (κ2) is 5.02. The summed E-state index contributed by atoms with van der Waals surface area (Å²) in [5.41, 5.74) is 0.720. The maximum absolute atomic E-state index is 12.1. The molecular weight excluding hydrogens is 285 g/mol. The normalized spacial score (nSPS) is 19.3. The fourth-order valence-electron chi connectivity index (χ4n) is 2.41. The summed E-state index contributed by atoms with van der Waals surface area (Å²) < 4.78 is 0. The van der Waals surface area contributed by atoms with Crippen LogP contribution in [0.5, 0.6) is 0 Å². The molecule has 0 aromatic heterocycles. The fourth-order valence-corrected chi connectivity index (χ4v) is 2.91. The van der Waals surface area contributed by atoms with Gasteiger partial charge in [-0.05, 0) is 31.0 Å². The molecule has 1 aromatic carbocycles. The summed E-state index contributed by atoms with van der Waals surface area (Å²) in [6, 6.07) is 5.21. The van der Waals surface area contributed by atoms with Gasteiger partial charge in [0, 0.05) is 18.0 Å². The van der Waals surface area contributed by atoms with E-state index in [0.29, 0.717) is 10.0 Å². The summed E-state index contributed by atoms with van der Waals surface area (Å²) in [6.45, 7) is 1.00. The van der Waals surface area contributed by atoms with Gasteiger partial charge in [-0.3, -0.25) is 14.7 Å². The Morgan fingerprint density at radius 1 is 1.21 bits per heavy atom. The van der Waals surface area contributed by atoms with Crippen LogP contribution in [0.15, 0.2) is 23.3 Å². The van der Waals surface area contributed by atoms with Gasteiger partial charge >= 0.3 is 0 Å². The van der Waals surface area contributed by atoms with E-state index >= 15 is 0 Å². The van der Waals surface area contributed by atoms with Crippen LogP contribution in [0, 0.1) is 0 Å². The van der Waals surface area contributed by atoms with E-state index < -0.39 is 0 Å². The van der Waals surface area contributed by atoms with Crippen LogP contribution in [-0.4, -0.2) is 29.7 Å². The number of piperidine rings is 1. The minimum absolute atomic E-state index is 0.0794. The molecule has 0 unspecified atom stereocenters. The molecule has 4 nitrogen and oxygen atoms in total. The predicted molar refractivity (Wildman–Crippen MR) is 76.8 cm³/mol. The van der Waals surface area contributed by atoms with Gasteiger partial charge in [-0.25, -0.2) is 0 Å². The topological polar surface area (TPSA) is 35.9 Å². The number of halogens is 2. The molecule has 1 saturated heterocycles. The van der Waals surface area contributed by atoms with Crippen molar-refractivity contribution in [2.75, 3.05) is 18.1 Å². The fraction of sp³-hybridized carbons (Fsp3) is 0.385. The van der Waals surface area contributed by atoms with Gasteiger partial charge in [-0.15, -0.1) is 0 Å². The molecule has 1 fully saturated rings. The molecule has 0 bridgehead atoms. The van der Waals surface area contributed by atoms with Crippen LogP contribution in [0.2, 0.25) is 10.0 Å². The number of anilines is 1. The first kappa shape index (κ1) is 12.8. The molecule has 2 aliphatic rings. The summed E-state index contributed by atoms with van der Waals surface area (Å²) in [5.74, 6) is 0.921. The zero-order chi connectivity index (χ0) is 13.4. The Morgan fingerprint density at radius 3 is 2.84 bits per heavy atom. The molecule has 2 heterocycles. The van der Waals surface area contributed by atoms with Crippen LogP contribution in [0.4, 0.5) is 5.69 Å². The molecule has 2 aliphatic heterocycles. The first-order valence-corrected chi connectivity index (χ1v) is 7.01. The van der Waals surface area contributed by atoms with Gasteiger partial charge in [0.05, 0.1) is 10.7 Å². The van der Waals surface area contributed by atoms with E-state index in [9.17, 15) is 4.79 Å². The largest absolute Gasteiger partial charge is 0.297 e. The van der Waals surface area contributed by atoms with Gasteiger partial charge in [0.25, 0.3) is 0 Å². The van der Waals surface area contributed by atoms with Crippen LogP contribution in [0.3, 0.4) is 0 Å². The van der Waals surface area contributed by atoms with Gasteiger partial charge in [0.2, 0.25) is 5.91 Å². The van der Waals surface area contributed by atoms with E-state index in [1.807, 2.05) is 0 Å². The molecule has 0 radical (unpaired) electrons. The Morgan fingerprint density at radius 2 is 2.05 bits per heavy atom. The molecule has 1 aromatic rings. The number of rotatable bonds is 1. The van der Waals surface area contributed by atoms with E-state index in [2.05, 4.69) is 5.10 Å². The van der Waals surface area contributed by atoms with E-state index in [1.165, 1.54) is 0 Å². The summed E-state index contributed by atoms with van der Waals surface area (Å²) in [7, 11) is 0. The van der Waals surface area contributed by atoms with Crippen molar-refractivity contribution < 1.29 is 4.79 Å². The molecule has 0 spiro atoms. The van der Waals surface area contributed by atoms with E-state index in [-0.39, 0.29) is 12.5 Å². The molecular formula is C13H13Cl2N3O. The van der Waals surface area contributed by atoms with Crippen molar-refractivity contribution in [1.29, 1.82) is 0 Å². The highest BCUT2D eigenvalue weighted by Crippen LogP contribution is 2.31. The Hall–Kier alpha value is -1.26.